The minimum absolute atomic E-state index is 0.220. The van der Waals surface area contributed by atoms with Crippen LogP contribution in [0.5, 0.6) is 0 Å². The number of nitrogens with zero attached hydrogens (tertiary/aromatic N) is 2. The fourth-order valence-corrected chi connectivity index (χ4v) is 5.12. The summed E-state index contributed by atoms with van der Waals surface area (Å²) in [7, 11) is -0.351. The van der Waals surface area contributed by atoms with E-state index in [9.17, 15) is 4.79 Å². The second-order valence-electron chi connectivity index (χ2n) is 11.0. The third-order valence-electron chi connectivity index (χ3n) is 6.74. The van der Waals surface area contributed by atoms with Gasteiger partial charge in [0.25, 0.3) is 0 Å². The van der Waals surface area contributed by atoms with E-state index in [1.807, 2.05) is 31.9 Å². The molecule has 0 aliphatic carbocycles. The highest BCUT2D eigenvalue weighted by molar-refractivity contribution is 7.15. The number of hydrogen-bond acceptors (Lipinski definition) is 6. The summed E-state index contributed by atoms with van der Waals surface area (Å²) in [5.41, 5.74) is 1.02. The topological polar surface area (TPSA) is 60.9 Å². The summed E-state index contributed by atoms with van der Waals surface area (Å²) in [6.07, 6.45) is 3.56. The van der Waals surface area contributed by atoms with E-state index in [0.29, 0.717) is 19.0 Å². The molecule has 0 saturated carbocycles. The zero-order valence-corrected chi connectivity index (χ0v) is 21.6. The standard InChI is InChI=1S/C25H35BN2O4S/c1-23(2,3)30-22(29)28-14-12-18(13-15-28)21-27-16-20(33-21)17-8-10-19(11-9-17)26-31-24(4,5)25(6,7)32-26/h8-11,16,18H,12-15H2,1-7H3. The molecule has 8 heteroatoms. The Hall–Kier alpha value is -1.90. The van der Waals surface area contributed by atoms with Crippen molar-refractivity contribution in [3.63, 3.8) is 0 Å². The smallest absolute Gasteiger partial charge is 0.444 e. The fourth-order valence-electron chi connectivity index (χ4n) is 4.03. The lowest BCUT2D eigenvalue weighted by atomic mass is 9.79. The number of carbonyl (C=O) groups excluding carboxylic acids is 1. The van der Waals surface area contributed by atoms with Crippen LogP contribution >= 0.6 is 11.3 Å². The third-order valence-corrected chi connectivity index (χ3v) is 7.95. The van der Waals surface area contributed by atoms with E-state index < -0.39 is 5.60 Å². The highest BCUT2D eigenvalue weighted by Crippen LogP contribution is 2.37. The highest BCUT2D eigenvalue weighted by atomic mass is 32.1. The van der Waals surface area contributed by atoms with Crippen LogP contribution in [0.2, 0.25) is 0 Å². The van der Waals surface area contributed by atoms with Gasteiger partial charge in [0.15, 0.2) is 0 Å². The summed E-state index contributed by atoms with van der Waals surface area (Å²) in [6.45, 7) is 15.4. The van der Waals surface area contributed by atoms with Crippen LogP contribution in [-0.4, -0.2) is 53.0 Å². The Morgan fingerprint density at radius 2 is 1.67 bits per heavy atom. The van der Waals surface area contributed by atoms with Gasteiger partial charge in [-0.15, -0.1) is 11.3 Å². The van der Waals surface area contributed by atoms with E-state index in [-0.39, 0.29) is 24.4 Å². The molecule has 0 bridgehead atoms. The number of rotatable bonds is 3. The summed E-state index contributed by atoms with van der Waals surface area (Å²) in [4.78, 5) is 20.0. The summed E-state index contributed by atoms with van der Waals surface area (Å²) < 4.78 is 17.8. The molecule has 2 saturated heterocycles. The molecule has 33 heavy (non-hydrogen) atoms. The van der Waals surface area contributed by atoms with Crippen molar-refractivity contribution >= 4 is 30.0 Å². The van der Waals surface area contributed by atoms with Crippen LogP contribution in [0, 0.1) is 0 Å². The Bertz CT molecular complexity index is 973. The molecule has 1 amide bonds. The van der Waals surface area contributed by atoms with Crippen LogP contribution in [0.1, 0.15) is 72.2 Å². The second kappa shape index (κ2) is 8.71. The zero-order chi connectivity index (χ0) is 24.0. The minimum Gasteiger partial charge on any atom is -0.444 e. The molecular weight excluding hydrogens is 435 g/mol. The average Bonchev–Trinajstić information content (AvgIpc) is 3.29. The number of carbonyl (C=O) groups is 1. The van der Waals surface area contributed by atoms with Gasteiger partial charge in [0, 0.05) is 25.2 Å². The van der Waals surface area contributed by atoms with Gasteiger partial charge in [-0.1, -0.05) is 24.3 Å². The van der Waals surface area contributed by atoms with Gasteiger partial charge in [-0.05, 0) is 72.3 Å². The molecule has 1 aromatic heterocycles. The van der Waals surface area contributed by atoms with Crippen molar-refractivity contribution in [2.24, 2.45) is 0 Å². The number of ether oxygens (including phenoxy) is 1. The number of benzene rings is 1. The maximum atomic E-state index is 12.3. The predicted molar refractivity (Wildman–Crippen MR) is 133 cm³/mol. The Kier molecular flexibility index (Phi) is 6.40. The van der Waals surface area contributed by atoms with Gasteiger partial charge in [0.2, 0.25) is 0 Å². The van der Waals surface area contributed by atoms with Gasteiger partial charge in [-0.2, -0.15) is 0 Å². The maximum Gasteiger partial charge on any atom is 0.494 e. The largest absolute Gasteiger partial charge is 0.494 e. The first-order chi connectivity index (χ1) is 15.3. The number of piperidine rings is 1. The Morgan fingerprint density at radius 1 is 1.09 bits per heavy atom. The molecule has 4 rings (SSSR count). The van der Waals surface area contributed by atoms with E-state index in [2.05, 4.69) is 52.0 Å². The molecule has 178 valence electrons. The van der Waals surface area contributed by atoms with Crippen LogP contribution in [0.15, 0.2) is 30.5 Å². The maximum absolute atomic E-state index is 12.3. The molecule has 0 spiro atoms. The second-order valence-corrected chi connectivity index (χ2v) is 12.1. The molecule has 6 nitrogen and oxygen atoms in total. The van der Waals surface area contributed by atoms with E-state index in [0.717, 1.165) is 33.8 Å². The molecule has 2 aliphatic rings. The van der Waals surface area contributed by atoms with Crippen LogP contribution in [0.3, 0.4) is 0 Å². The number of thiazole rings is 1. The van der Waals surface area contributed by atoms with Gasteiger partial charge in [-0.25, -0.2) is 9.78 Å². The van der Waals surface area contributed by atoms with E-state index in [1.165, 1.54) is 0 Å². The quantitative estimate of drug-likeness (QED) is 0.576. The average molecular weight is 470 g/mol. The molecule has 2 aromatic rings. The number of aromatic nitrogens is 1. The zero-order valence-electron chi connectivity index (χ0n) is 20.8. The first-order valence-corrected chi connectivity index (χ1v) is 12.6. The Morgan fingerprint density at radius 3 is 2.21 bits per heavy atom. The predicted octanol–water partition coefficient (Wildman–Crippen LogP) is 5.22. The lowest BCUT2D eigenvalue weighted by Crippen LogP contribution is -2.41. The molecule has 0 N–H and O–H groups in total. The van der Waals surface area contributed by atoms with E-state index in [1.54, 1.807) is 11.3 Å². The van der Waals surface area contributed by atoms with Gasteiger partial charge < -0.3 is 18.9 Å². The van der Waals surface area contributed by atoms with Crippen LogP contribution in [0.4, 0.5) is 4.79 Å². The van der Waals surface area contributed by atoms with Crippen molar-refractivity contribution in [1.29, 1.82) is 0 Å². The third kappa shape index (κ3) is 5.28. The number of amides is 1. The van der Waals surface area contributed by atoms with Crippen LogP contribution in [0.25, 0.3) is 10.4 Å². The van der Waals surface area contributed by atoms with E-state index >= 15 is 0 Å². The molecular formula is C25H35BN2O4S. The van der Waals surface area contributed by atoms with Crippen molar-refractivity contribution in [2.75, 3.05) is 13.1 Å². The van der Waals surface area contributed by atoms with Crippen LogP contribution in [-0.2, 0) is 14.0 Å². The lowest BCUT2D eigenvalue weighted by Gasteiger charge is -2.32. The lowest BCUT2D eigenvalue weighted by molar-refractivity contribution is 0.00578. The van der Waals surface area contributed by atoms with Crippen molar-refractivity contribution in [3.8, 4) is 10.4 Å². The molecule has 1 aromatic carbocycles. The van der Waals surface area contributed by atoms with Crippen LogP contribution < -0.4 is 5.46 Å². The monoisotopic (exact) mass is 470 g/mol. The van der Waals surface area contributed by atoms with Gasteiger partial charge >= 0.3 is 13.2 Å². The Balaban J connectivity index is 1.37. The molecule has 0 unspecified atom stereocenters. The fraction of sp³-hybridized carbons (Fsp3) is 0.600. The summed E-state index contributed by atoms with van der Waals surface area (Å²) in [6, 6.07) is 8.39. The molecule has 0 radical (unpaired) electrons. The van der Waals surface area contributed by atoms with Gasteiger partial charge in [-0.3, -0.25) is 0 Å². The first kappa shape index (κ1) is 24.2. The van der Waals surface area contributed by atoms with Gasteiger partial charge in [0.05, 0.1) is 21.1 Å². The van der Waals surface area contributed by atoms with Crippen molar-refractivity contribution in [1.82, 2.24) is 9.88 Å². The SMILES string of the molecule is CC(C)(C)OC(=O)N1CCC(c2ncc(-c3ccc(B4OC(C)(C)C(C)(C)O4)cc3)s2)CC1. The van der Waals surface area contributed by atoms with E-state index in [4.69, 9.17) is 19.0 Å². The van der Waals surface area contributed by atoms with Crippen molar-refractivity contribution < 1.29 is 18.8 Å². The van der Waals surface area contributed by atoms with Gasteiger partial charge in [0.1, 0.15) is 5.60 Å². The summed E-state index contributed by atoms with van der Waals surface area (Å²) >= 11 is 1.74. The minimum atomic E-state index is -0.462. The van der Waals surface area contributed by atoms with Crippen molar-refractivity contribution in [2.45, 2.75) is 84.0 Å². The molecule has 2 fully saturated rings. The molecule has 2 aliphatic heterocycles. The first-order valence-electron chi connectivity index (χ1n) is 11.7. The normalized spacial score (nSPS) is 20.8. The molecule has 3 heterocycles. The van der Waals surface area contributed by atoms with Crippen molar-refractivity contribution in [3.05, 3.63) is 35.5 Å². The molecule has 0 atom stereocenters. The summed E-state index contributed by atoms with van der Waals surface area (Å²) in [5.74, 6) is 0.381. The Labute approximate surface area is 201 Å². The number of hydrogen-bond donors (Lipinski definition) is 0. The highest BCUT2D eigenvalue weighted by Gasteiger charge is 2.51. The summed E-state index contributed by atoms with van der Waals surface area (Å²) in [5, 5.41) is 1.14. The number of likely N-dealkylation sites (tertiary alicyclic amines) is 1.